The second kappa shape index (κ2) is 9.04. The Balaban J connectivity index is 1.45. The van der Waals surface area contributed by atoms with Crippen molar-refractivity contribution in [1.29, 1.82) is 0 Å². The van der Waals surface area contributed by atoms with Crippen LogP contribution >= 0.6 is 0 Å². The van der Waals surface area contributed by atoms with E-state index in [9.17, 15) is 4.79 Å². The molecule has 1 amide bonds. The van der Waals surface area contributed by atoms with Crippen molar-refractivity contribution in [2.45, 2.75) is 65.1 Å². The largest absolute Gasteiger partial charge is 0.481 e. The van der Waals surface area contributed by atoms with Crippen LogP contribution in [0.15, 0.2) is 63.6 Å². The number of benzene rings is 1. The molecule has 3 aromatic rings. The summed E-state index contributed by atoms with van der Waals surface area (Å²) in [6, 6.07) is 15.6. The van der Waals surface area contributed by atoms with Crippen molar-refractivity contribution in [3.63, 3.8) is 0 Å². The lowest BCUT2D eigenvalue weighted by atomic mass is 10.0. The molecule has 2 heterocycles. The molecule has 164 valence electrons. The normalized spacial score (nSPS) is 18.7. The molecule has 5 nitrogen and oxygen atoms in total. The maximum atomic E-state index is 13.3. The molecule has 1 aromatic carbocycles. The fourth-order valence-electron chi connectivity index (χ4n) is 3.83. The van der Waals surface area contributed by atoms with E-state index < -0.39 is 6.10 Å². The number of hydrogen-bond acceptors (Lipinski definition) is 4. The van der Waals surface area contributed by atoms with Gasteiger partial charge in [-0.2, -0.15) is 0 Å². The van der Waals surface area contributed by atoms with E-state index in [1.54, 1.807) is 18.1 Å². The third-order valence-electron chi connectivity index (χ3n) is 5.95. The second-order valence-electron chi connectivity index (χ2n) is 8.88. The molecular weight excluding hydrogens is 390 g/mol. The summed E-state index contributed by atoms with van der Waals surface area (Å²) in [7, 11) is 0. The highest BCUT2D eigenvalue weighted by atomic mass is 16.5. The molecule has 31 heavy (non-hydrogen) atoms. The van der Waals surface area contributed by atoms with Crippen molar-refractivity contribution >= 4 is 5.91 Å². The summed E-state index contributed by atoms with van der Waals surface area (Å²) in [6.45, 7) is 9.05. The maximum Gasteiger partial charge on any atom is 0.264 e. The number of ether oxygens (including phenoxy) is 1. The van der Waals surface area contributed by atoms with E-state index in [1.165, 1.54) is 12.0 Å². The van der Waals surface area contributed by atoms with Crippen LogP contribution in [0.3, 0.4) is 0 Å². The molecule has 5 heteroatoms. The van der Waals surface area contributed by atoms with Crippen LogP contribution < -0.4 is 4.74 Å². The average Bonchev–Trinajstić information content (AvgIpc) is 3.13. The molecule has 1 aliphatic rings. The average molecular weight is 422 g/mol. The summed E-state index contributed by atoms with van der Waals surface area (Å²) in [4.78, 5) is 15.0. The van der Waals surface area contributed by atoms with Gasteiger partial charge < -0.3 is 18.5 Å². The first-order chi connectivity index (χ1) is 14.9. The zero-order valence-corrected chi connectivity index (χ0v) is 18.7. The van der Waals surface area contributed by atoms with Crippen LogP contribution in [-0.2, 0) is 17.9 Å². The monoisotopic (exact) mass is 421 g/mol. The highest BCUT2D eigenvalue weighted by molar-refractivity contribution is 5.80. The van der Waals surface area contributed by atoms with E-state index in [1.807, 2.05) is 48.5 Å². The Morgan fingerprint density at radius 3 is 2.39 bits per heavy atom. The van der Waals surface area contributed by atoms with E-state index in [2.05, 4.69) is 20.8 Å². The van der Waals surface area contributed by atoms with Crippen LogP contribution in [0.5, 0.6) is 5.75 Å². The molecular formula is C26H31NO4. The van der Waals surface area contributed by atoms with E-state index in [4.69, 9.17) is 13.6 Å². The smallest absolute Gasteiger partial charge is 0.264 e. The second-order valence-corrected chi connectivity index (χ2v) is 8.88. The van der Waals surface area contributed by atoms with Gasteiger partial charge in [0.2, 0.25) is 0 Å². The number of amides is 1. The third kappa shape index (κ3) is 5.22. The standard InChI is InChI=1S/C26H31NO4/c1-17(2)20-7-9-21(10-8-20)30-19(4)26(28)27(15-22-6-5-13-29-22)16-23-11-12-25(31-23)24-14-18(24)3/h5-13,17-19,24H,14-16H2,1-4H3. The van der Waals surface area contributed by atoms with Gasteiger partial charge in [0.1, 0.15) is 23.0 Å². The molecule has 0 radical (unpaired) electrons. The molecule has 0 aliphatic heterocycles. The van der Waals surface area contributed by atoms with Gasteiger partial charge in [0.25, 0.3) is 5.91 Å². The Labute approximate surface area is 184 Å². The van der Waals surface area contributed by atoms with Gasteiger partial charge >= 0.3 is 0 Å². The minimum Gasteiger partial charge on any atom is -0.481 e. The first kappa shape index (κ1) is 21.3. The Hall–Kier alpha value is -2.95. The van der Waals surface area contributed by atoms with Gasteiger partial charge in [-0.3, -0.25) is 4.79 Å². The van der Waals surface area contributed by atoms with E-state index in [0.29, 0.717) is 36.6 Å². The minimum atomic E-state index is -0.627. The number of nitrogens with zero attached hydrogens (tertiary/aromatic N) is 1. The fourth-order valence-corrected chi connectivity index (χ4v) is 3.83. The van der Waals surface area contributed by atoms with E-state index in [-0.39, 0.29) is 5.91 Å². The van der Waals surface area contributed by atoms with Gasteiger partial charge in [-0.15, -0.1) is 0 Å². The predicted octanol–water partition coefficient (Wildman–Crippen LogP) is 6.12. The summed E-state index contributed by atoms with van der Waals surface area (Å²) in [5, 5.41) is 0. The number of furan rings is 2. The van der Waals surface area contributed by atoms with Crippen molar-refractivity contribution in [3.8, 4) is 5.75 Å². The molecule has 4 rings (SSSR count). The zero-order valence-electron chi connectivity index (χ0n) is 18.7. The van der Waals surface area contributed by atoms with Gasteiger partial charge in [-0.1, -0.05) is 32.9 Å². The lowest BCUT2D eigenvalue weighted by Gasteiger charge is -2.25. The first-order valence-corrected chi connectivity index (χ1v) is 11.1. The van der Waals surface area contributed by atoms with Crippen molar-refractivity contribution < 1.29 is 18.4 Å². The molecule has 3 atom stereocenters. The lowest BCUT2D eigenvalue weighted by molar-refractivity contribution is -0.139. The summed E-state index contributed by atoms with van der Waals surface area (Å²) >= 11 is 0. The van der Waals surface area contributed by atoms with Crippen LogP contribution in [0.1, 0.15) is 68.8 Å². The van der Waals surface area contributed by atoms with E-state index in [0.717, 1.165) is 17.3 Å². The number of carbonyl (C=O) groups excluding carboxylic acids is 1. The Morgan fingerprint density at radius 1 is 1.06 bits per heavy atom. The summed E-state index contributed by atoms with van der Waals surface area (Å²) < 4.78 is 17.5. The minimum absolute atomic E-state index is 0.109. The van der Waals surface area contributed by atoms with Crippen molar-refractivity contribution in [2.75, 3.05) is 0 Å². The van der Waals surface area contributed by atoms with Crippen LogP contribution in [-0.4, -0.2) is 16.9 Å². The van der Waals surface area contributed by atoms with Crippen molar-refractivity contribution in [2.24, 2.45) is 5.92 Å². The summed E-state index contributed by atoms with van der Waals surface area (Å²) in [6.07, 6.45) is 2.16. The number of carbonyl (C=O) groups is 1. The molecule has 1 saturated carbocycles. The molecule has 1 fully saturated rings. The molecule has 1 aliphatic carbocycles. The molecule has 0 N–H and O–H groups in total. The predicted molar refractivity (Wildman–Crippen MR) is 119 cm³/mol. The van der Waals surface area contributed by atoms with Gasteiger partial charge in [0, 0.05) is 5.92 Å². The van der Waals surface area contributed by atoms with Gasteiger partial charge in [0.05, 0.1) is 19.4 Å². The van der Waals surface area contributed by atoms with Gasteiger partial charge in [-0.05, 0) is 67.1 Å². The number of hydrogen-bond donors (Lipinski definition) is 0. The molecule has 3 unspecified atom stereocenters. The molecule has 0 bridgehead atoms. The summed E-state index contributed by atoms with van der Waals surface area (Å²) in [5.41, 5.74) is 1.24. The van der Waals surface area contributed by atoms with Crippen molar-refractivity contribution in [3.05, 3.63) is 77.6 Å². The van der Waals surface area contributed by atoms with Crippen LogP contribution in [0.4, 0.5) is 0 Å². The Kier molecular flexibility index (Phi) is 6.21. The van der Waals surface area contributed by atoms with Gasteiger partial charge in [-0.25, -0.2) is 0 Å². The fraction of sp³-hybridized carbons (Fsp3) is 0.423. The van der Waals surface area contributed by atoms with Crippen LogP contribution in [0.2, 0.25) is 0 Å². The topological polar surface area (TPSA) is 55.8 Å². The highest BCUT2D eigenvalue weighted by Crippen LogP contribution is 2.47. The quantitative estimate of drug-likeness (QED) is 0.418. The Bertz CT molecular complexity index is 987. The maximum absolute atomic E-state index is 13.3. The van der Waals surface area contributed by atoms with Crippen LogP contribution in [0, 0.1) is 5.92 Å². The molecule has 2 aromatic heterocycles. The molecule has 0 spiro atoms. The van der Waals surface area contributed by atoms with Crippen molar-refractivity contribution in [1.82, 2.24) is 4.90 Å². The zero-order chi connectivity index (χ0) is 22.0. The van der Waals surface area contributed by atoms with E-state index >= 15 is 0 Å². The molecule has 0 saturated heterocycles. The Morgan fingerprint density at radius 2 is 1.77 bits per heavy atom. The summed E-state index contributed by atoms with van der Waals surface area (Å²) in [5.74, 6) is 4.74. The SMILES string of the molecule is CC(Oc1ccc(C(C)C)cc1)C(=O)N(Cc1ccco1)Cc1ccc(C2CC2C)o1. The van der Waals surface area contributed by atoms with Crippen LogP contribution in [0.25, 0.3) is 0 Å². The lowest BCUT2D eigenvalue weighted by Crippen LogP contribution is -2.39. The van der Waals surface area contributed by atoms with Gasteiger partial charge in [0.15, 0.2) is 6.10 Å². The first-order valence-electron chi connectivity index (χ1n) is 11.1. The highest BCUT2D eigenvalue weighted by Gasteiger charge is 2.36. The third-order valence-corrected chi connectivity index (χ3v) is 5.95. The number of rotatable bonds is 9.